The Morgan fingerprint density at radius 3 is 2.87 bits per heavy atom. The van der Waals surface area contributed by atoms with E-state index in [1.807, 2.05) is 36.4 Å². The summed E-state index contributed by atoms with van der Waals surface area (Å²) < 4.78 is 5.45. The lowest BCUT2D eigenvalue weighted by atomic mass is 10.0. The van der Waals surface area contributed by atoms with Gasteiger partial charge < -0.3 is 20.8 Å². The summed E-state index contributed by atoms with van der Waals surface area (Å²) in [6, 6.07) is 13.9. The van der Waals surface area contributed by atoms with Crippen LogP contribution in [-0.2, 0) is 11.3 Å². The summed E-state index contributed by atoms with van der Waals surface area (Å²) in [4.78, 5) is 31.9. The van der Waals surface area contributed by atoms with Gasteiger partial charge in [0.2, 0.25) is 0 Å². The summed E-state index contributed by atoms with van der Waals surface area (Å²) >= 11 is 0. The molecule has 2 aliphatic rings. The van der Waals surface area contributed by atoms with Gasteiger partial charge in [0.1, 0.15) is 17.7 Å². The number of aromatic nitrogens is 4. The molecule has 9 heteroatoms. The van der Waals surface area contributed by atoms with E-state index < -0.39 is 0 Å². The SMILES string of the molecule is NC1CCCN(Cc2ccnc(C(=O)Nc3ccc(-c4cc5c(C6=CCOCC6)ncnc5[nH]4)cc3)c2)C1. The molecule has 6 rings (SSSR count). The molecule has 0 aliphatic carbocycles. The average molecular weight is 510 g/mol. The van der Waals surface area contributed by atoms with Crippen LogP contribution >= 0.6 is 0 Å². The Bertz CT molecular complexity index is 1480. The molecule has 5 heterocycles. The zero-order valence-corrected chi connectivity index (χ0v) is 21.2. The number of nitrogens with one attached hydrogen (secondary N) is 2. The zero-order chi connectivity index (χ0) is 25.9. The van der Waals surface area contributed by atoms with E-state index in [2.05, 4.69) is 42.3 Å². The molecular weight excluding hydrogens is 478 g/mol. The molecule has 1 atom stereocenters. The maximum absolute atomic E-state index is 12.9. The van der Waals surface area contributed by atoms with Crippen LogP contribution in [0.1, 0.15) is 41.0 Å². The van der Waals surface area contributed by atoms with E-state index >= 15 is 0 Å². The number of hydrogen-bond acceptors (Lipinski definition) is 7. The number of carbonyl (C=O) groups is 1. The fourth-order valence-electron chi connectivity index (χ4n) is 5.21. The Labute approximate surface area is 221 Å². The number of H-pyrrole nitrogens is 1. The third-order valence-electron chi connectivity index (χ3n) is 7.15. The molecule has 0 saturated carbocycles. The van der Waals surface area contributed by atoms with Crippen LogP contribution in [0.5, 0.6) is 0 Å². The highest BCUT2D eigenvalue weighted by Gasteiger charge is 2.18. The minimum atomic E-state index is -0.231. The zero-order valence-electron chi connectivity index (χ0n) is 21.2. The van der Waals surface area contributed by atoms with Crippen LogP contribution in [0.15, 0.2) is 61.1 Å². The second-order valence-electron chi connectivity index (χ2n) is 9.94. The third kappa shape index (κ3) is 5.35. The van der Waals surface area contributed by atoms with Crippen molar-refractivity contribution in [1.29, 1.82) is 0 Å². The predicted molar refractivity (Wildman–Crippen MR) is 147 cm³/mol. The van der Waals surface area contributed by atoms with Crippen molar-refractivity contribution in [3.8, 4) is 11.3 Å². The molecule has 194 valence electrons. The Morgan fingerprint density at radius 2 is 2.05 bits per heavy atom. The summed E-state index contributed by atoms with van der Waals surface area (Å²) in [5.74, 6) is -0.231. The van der Waals surface area contributed by atoms with Gasteiger partial charge in [-0.25, -0.2) is 9.97 Å². The van der Waals surface area contributed by atoms with Crippen molar-refractivity contribution < 1.29 is 9.53 Å². The first-order valence-electron chi connectivity index (χ1n) is 13.1. The molecule has 0 bridgehead atoms. The molecule has 1 unspecified atom stereocenters. The van der Waals surface area contributed by atoms with Crippen LogP contribution in [0.3, 0.4) is 0 Å². The quantitative estimate of drug-likeness (QED) is 0.359. The van der Waals surface area contributed by atoms with Gasteiger partial charge in [0.05, 0.1) is 18.9 Å². The summed E-state index contributed by atoms with van der Waals surface area (Å²) in [7, 11) is 0. The molecular formula is C29H31N7O2. The van der Waals surface area contributed by atoms with Crippen molar-refractivity contribution in [1.82, 2.24) is 24.8 Å². The fraction of sp³-hybridized carbons (Fsp3) is 0.310. The van der Waals surface area contributed by atoms with Gasteiger partial charge in [0, 0.05) is 42.1 Å². The van der Waals surface area contributed by atoms with E-state index in [0.717, 1.165) is 72.4 Å². The van der Waals surface area contributed by atoms with Crippen molar-refractivity contribution in [3.63, 3.8) is 0 Å². The molecule has 1 aromatic carbocycles. The number of hydrogen-bond donors (Lipinski definition) is 3. The summed E-state index contributed by atoms with van der Waals surface area (Å²) in [6.45, 7) is 3.99. The van der Waals surface area contributed by atoms with Gasteiger partial charge in [-0.05, 0) is 72.8 Å². The number of nitrogens with zero attached hydrogens (tertiary/aromatic N) is 4. The Morgan fingerprint density at radius 1 is 1.16 bits per heavy atom. The summed E-state index contributed by atoms with van der Waals surface area (Å²) in [6.07, 6.45) is 8.39. The number of benzene rings is 1. The molecule has 3 aromatic heterocycles. The van der Waals surface area contributed by atoms with Crippen LogP contribution in [-0.4, -0.2) is 63.1 Å². The highest BCUT2D eigenvalue weighted by Crippen LogP contribution is 2.30. The number of anilines is 1. The number of amides is 1. The Balaban J connectivity index is 1.15. The third-order valence-corrected chi connectivity index (χ3v) is 7.15. The first kappa shape index (κ1) is 24.4. The lowest BCUT2D eigenvalue weighted by molar-refractivity contribution is 0.102. The number of fused-ring (bicyclic) bond motifs is 1. The fourth-order valence-corrected chi connectivity index (χ4v) is 5.21. The van der Waals surface area contributed by atoms with Crippen LogP contribution in [0.25, 0.3) is 27.9 Å². The predicted octanol–water partition coefficient (Wildman–Crippen LogP) is 4.00. The molecule has 9 nitrogen and oxygen atoms in total. The number of piperidine rings is 1. The molecule has 2 aliphatic heterocycles. The van der Waals surface area contributed by atoms with Crippen molar-refractivity contribution >= 4 is 28.2 Å². The maximum Gasteiger partial charge on any atom is 0.274 e. The van der Waals surface area contributed by atoms with Crippen LogP contribution in [0.4, 0.5) is 5.69 Å². The van der Waals surface area contributed by atoms with Gasteiger partial charge in [-0.1, -0.05) is 18.2 Å². The van der Waals surface area contributed by atoms with E-state index in [1.165, 1.54) is 5.57 Å². The number of ether oxygens (including phenoxy) is 1. The summed E-state index contributed by atoms with van der Waals surface area (Å²) in [5.41, 5.74) is 13.1. The number of rotatable bonds is 6. The number of pyridine rings is 1. The van der Waals surface area contributed by atoms with Crippen molar-refractivity contribution in [3.05, 3.63) is 78.0 Å². The van der Waals surface area contributed by atoms with Gasteiger partial charge in [-0.15, -0.1) is 0 Å². The molecule has 4 aromatic rings. The topological polar surface area (TPSA) is 122 Å². The number of nitrogens with two attached hydrogens (primary N) is 1. The first-order chi connectivity index (χ1) is 18.6. The van der Waals surface area contributed by atoms with E-state index in [-0.39, 0.29) is 11.9 Å². The van der Waals surface area contributed by atoms with E-state index in [4.69, 9.17) is 10.5 Å². The lowest BCUT2D eigenvalue weighted by Crippen LogP contribution is -2.42. The maximum atomic E-state index is 12.9. The highest BCUT2D eigenvalue weighted by atomic mass is 16.5. The van der Waals surface area contributed by atoms with E-state index in [1.54, 1.807) is 12.5 Å². The van der Waals surface area contributed by atoms with Crippen LogP contribution in [0.2, 0.25) is 0 Å². The van der Waals surface area contributed by atoms with Gasteiger partial charge in [-0.2, -0.15) is 0 Å². The average Bonchev–Trinajstić information content (AvgIpc) is 3.39. The Hall–Kier alpha value is -3.92. The minimum Gasteiger partial charge on any atom is -0.377 e. The second-order valence-corrected chi connectivity index (χ2v) is 9.94. The van der Waals surface area contributed by atoms with Gasteiger partial charge in [0.25, 0.3) is 5.91 Å². The molecule has 1 saturated heterocycles. The van der Waals surface area contributed by atoms with Crippen molar-refractivity contribution in [2.75, 3.05) is 31.6 Å². The smallest absolute Gasteiger partial charge is 0.274 e. The number of carbonyl (C=O) groups excluding carboxylic acids is 1. The largest absolute Gasteiger partial charge is 0.377 e. The molecule has 4 N–H and O–H groups in total. The summed E-state index contributed by atoms with van der Waals surface area (Å²) in [5, 5.41) is 3.96. The van der Waals surface area contributed by atoms with Gasteiger partial charge in [0.15, 0.2) is 0 Å². The monoisotopic (exact) mass is 509 g/mol. The number of aromatic amines is 1. The standard InChI is InChI=1S/C29H31N7O2/c30-22-2-1-11-36(17-22)16-19-7-10-31-26(14-19)29(37)34-23-5-3-20(4-6-23)25-15-24-27(21-8-12-38-13-9-21)32-18-33-28(24)35-25/h3-8,10,14-15,18,22H,1-2,9,11-13,16-17,30H2,(H,34,37)(H,32,33,35). The number of likely N-dealkylation sites (tertiary alicyclic amines) is 1. The molecule has 38 heavy (non-hydrogen) atoms. The van der Waals surface area contributed by atoms with Crippen LogP contribution in [0, 0.1) is 0 Å². The molecule has 0 spiro atoms. The highest BCUT2D eigenvalue weighted by molar-refractivity contribution is 6.03. The molecule has 0 radical (unpaired) electrons. The lowest BCUT2D eigenvalue weighted by Gasteiger charge is -2.30. The van der Waals surface area contributed by atoms with Crippen LogP contribution < -0.4 is 11.1 Å². The van der Waals surface area contributed by atoms with Gasteiger partial charge >= 0.3 is 0 Å². The van der Waals surface area contributed by atoms with Crippen molar-refractivity contribution in [2.45, 2.75) is 31.8 Å². The normalized spacial score (nSPS) is 18.3. The van der Waals surface area contributed by atoms with Gasteiger partial charge in [-0.3, -0.25) is 14.7 Å². The van der Waals surface area contributed by atoms with Crippen molar-refractivity contribution in [2.24, 2.45) is 5.73 Å². The minimum absolute atomic E-state index is 0.222. The Kier molecular flexibility index (Phi) is 6.96. The van der Waals surface area contributed by atoms with E-state index in [0.29, 0.717) is 24.6 Å². The first-order valence-corrected chi connectivity index (χ1v) is 13.1. The second kappa shape index (κ2) is 10.8. The van der Waals surface area contributed by atoms with E-state index in [9.17, 15) is 4.79 Å². The molecule has 1 fully saturated rings. The molecule has 1 amide bonds.